The van der Waals surface area contributed by atoms with Gasteiger partial charge in [0.2, 0.25) is 5.91 Å². The highest BCUT2D eigenvalue weighted by molar-refractivity contribution is 7.47. The summed E-state index contributed by atoms with van der Waals surface area (Å²) < 4.78 is 30.9. The maximum absolute atomic E-state index is 13.6. The molecule has 0 aliphatic carbocycles. The maximum atomic E-state index is 13.6. The highest BCUT2D eigenvalue weighted by Gasteiger charge is 2.30. The smallest absolute Gasteiger partial charge is 0.456 e. The Kier molecular flexibility index (Phi) is 67.8. The number of rotatable bonds is 71. The van der Waals surface area contributed by atoms with Crippen LogP contribution in [0.2, 0.25) is 0 Å². The van der Waals surface area contributed by atoms with E-state index in [0.717, 1.165) is 109 Å². The van der Waals surface area contributed by atoms with Crippen molar-refractivity contribution >= 4 is 19.7 Å². The van der Waals surface area contributed by atoms with Crippen molar-refractivity contribution in [3.8, 4) is 0 Å². The molecular weight excluding hydrogens is 1140 g/mol. The second-order valence-corrected chi connectivity index (χ2v) is 29.0. The minimum Gasteiger partial charge on any atom is -0.456 e. The second-order valence-electron chi connectivity index (χ2n) is 27.5. The highest BCUT2D eigenvalue weighted by atomic mass is 31.2. The van der Waals surface area contributed by atoms with Gasteiger partial charge in [0.05, 0.1) is 33.8 Å². The highest BCUT2D eigenvalue weighted by Crippen LogP contribution is 2.43. The summed E-state index contributed by atoms with van der Waals surface area (Å²) in [4.78, 5) is 38.0. The van der Waals surface area contributed by atoms with Crippen LogP contribution >= 0.6 is 7.82 Å². The first kappa shape index (κ1) is 88.2. The van der Waals surface area contributed by atoms with Crippen LogP contribution in [0.3, 0.4) is 0 Å². The number of ether oxygens (including phenoxy) is 1. The average Bonchev–Trinajstić information content (AvgIpc) is 3.03. The predicted molar refractivity (Wildman–Crippen MR) is 397 cm³/mol. The van der Waals surface area contributed by atoms with Crippen molar-refractivity contribution in [1.29, 1.82) is 0 Å². The molecule has 0 saturated heterocycles. The van der Waals surface area contributed by atoms with Crippen LogP contribution in [-0.4, -0.2) is 74.3 Å². The zero-order chi connectivity index (χ0) is 66.3. The van der Waals surface area contributed by atoms with Crippen molar-refractivity contribution in [3.05, 3.63) is 85.1 Å². The number of carbonyl (C=O) groups is 2. The Morgan fingerprint density at radius 3 is 1.05 bits per heavy atom. The molecule has 9 nitrogen and oxygen atoms in total. The molecule has 3 atom stereocenters. The number of carbonyl (C=O) groups excluding carboxylic acids is 2. The molecule has 0 heterocycles. The van der Waals surface area contributed by atoms with Gasteiger partial charge in [-0.05, 0) is 83.1 Å². The first-order chi connectivity index (χ1) is 44.4. The third kappa shape index (κ3) is 71.3. The number of hydrogen-bond acceptors (Lipinski definition) is 6. The zero-order valence-corrected chi connectivity index (χ0v) is 61.7. The van der Waals surface area contributed by atoms with Crippen LogP contribution in [0.4, 0.5) is 0 Å². The van der Waals surface area contributed by atoms with E-state index in [2.05, 4.69) is 99.0 Å². The van der Waals surface area contributed by atoms with Crippen LogP contribution in [0.25, 0.3) is 0 Å². The molecule has 3 unspecified atom stereocenters. The molecular formula is C81H150N2O7P+. The van der Waals surface area contributed by atoms with E-state index in [0.29, 0.717) is 17.4 Å². The summed E-state index contributed by atoms with van der Waals surface area (Å²) in [6, 6.07) is -0.855. The Morgan fingerprint density at radius 2 is 0.703 bits per heavy atom. The van der Waals surface area contributed by atoms with Crippen LogP contribution in [-0.2, 0) is 27.9 Å². The van der Waals surface area contributed by atoms with Crippen LogP contribution < -0.4 is 5.32 Å². The summed E-state index contributed by atoms with van der Waals surface area (Å²) in [5.74, 6) is -0.502. The Morgan fingerprint density at radius 1 is 0.396 bits per heavy atom. The Hall–Kier alpha value is -2.81. The number of likely N-dealkylation sites (N-methyl/N-ethyl adjacent to an activating group) is 1. The van der Waals surface area contributed by atoms with Crippen LogP contribution in [0.1, 0.15) is 367 Å². The molecule has 0 aliphatic heterocycles. The number of allylic oxidation sites excluding steroid dienone is 13. The van der Waals surface area contributed by atoms with Crippen molar-refractivity contribution in [1.82, 2.24) is 5.32 Å². The molecule has 0 fully saturated rings. The van der Waals surface area contributed by atoms with Crippen molar-refractivity contribution in [3.63, 3.8) is 0 Å². The van der Waals surface area contributed by atoms with E-state index < -0.39 is 20.0 Å². The lowest BCUT2D eigenvalue weighted by Crippen LogP contribution is -2.47. The van der Waals surface area contributed by atoms with Gasteiger partial charge in [0.15, 0.2) is 0 Å². The third-order valence-corrected chi connectivity index (χ3v) is 18.3. The van der Waals surface area contributed by atoms with E-state index in [9.17, 15) is 19.0 Å². The molecule has 0 bridgehead atoms. The predicted octanol–water partition coefficient (Wildman–Crippen LogP) is 25.2. The SMILES string of the molecule is CC/C=C\C/C=C\C/C=C\C/C=C\C/C=C\C/C=C\CCCCCCCCCCC(=O)OC(/C=C/CCCCCCCCCCC)C(COP(=O)(O)OCC[N+](C)(C)C)NC(=O)CCCCCCCCCCCCCCCCCCCCCCCCCCCCC. The minimum absolute atomic E-state index is 0.0378. The molecule has 0 rings (SSSR count). The van der Waals surface area contributed by atoms with Gasteiger partial charge >= 0.3 is 13.8 Å². The quantitative estimate of drug-likeness (QED) is 0.0205. The molecule has 0 aromatic rings. The second kappa shape index (κ2) is 70.0. The fraction of sp³-hybridized carbons (Fsp3) is 0.802. The molecule has 1 amide bonds. The molecule has 10 heteroatoms. The van der Waals surface area contributed by atoms with Gasteiger partial charge < -0.3 is 19.4 Å². The summed E-state index contributed by atoms with van der Waals surface area (Å²) in [6.45, 7) is 6.94. The van der Waals surface area contributed by atoms with Gasteiger partial charge in [-0.2, -0.15) is 0 Å². The van der Waals surface area contributed by atoms with Gasteiger partial charge in [-0.1, -0.05) is 357 Å². The summed E-state index contributed by atoms with van der Waals surface area (Å²) in [5, 5.41) is 3.08. The zero-order valence-electron chi connectivity index (χ0n) is 60.8. The van der Waals surface area contributed by atoms with Gasteiger partial charge in [0.25, 0.3) is 0 Å². The maximum Gasteiger partial charge on any atom is 0.472 e. The number of unbranched alkanes of at least 4 members (excludes halogenated alkanes) is 43. The van der Waals surface area contributed by atoms with E-state index in [-0.39, 0.29) is 31.5 Å². The van der Waals surface area contributed by atoms with Gasteiger partial charge in [-0.3, -0.25) is 18.6 Å². The topological polar surface area (TPSA) is 111 Å². The Labute approximate surface area is 565 Å². The number of esters is 1. The Balaban J connectivity index is 4.91. The Bertz CT molecular complexity index is 1830. The minimum atomic E-state index is -4.46. The first-order valence-electron chi connectivity index (χ1n) is 38.9. The fourth-order valence-electron chi connectivity index (χ4n) is 11.4. The van der Waals surface area contributed by atoms with E-state index in [1.807, 2.05) is 33.3 Å². The van der Waals surface area contributed by atoms with E-state index >= 15 is 0 Å². The summed E-state index contributed by atoms with van der Waals surface area (Å²) in [6.07, 6.45) is 94.8. The standard InChI is InChI=1S/C81H149N2O7P/c1-7-10-13-16-19-22-25-27-29-31-33-35-37-39-41-43-45-47-49-51-53-55-58-61-64-67-70-73-80(84)82-78(77-89-91(86,87)88-76-75-83(4,5)6)79(72-69-66-63-60-57-24-21-18-15-12-9-3)90-81(85)74-71-68-65-62-59-56-54-52-50-48-46-44-42-40-38-36-34-32-30-28-26-23-20-17-14-11-8-2/h11,14,20,23,28,30,34,36,40,42,46,48,69,72,78-79H,7-10,12-13,15-19,21-22,24-27,29,31-33,35,37-39,41,43-45,47,49-68,70-71,73-77H2,1-6H3,(H-,82,84,86,87)/p+1/b14-11-,23-20-,30-28-,36-34-,42-40-,48-46-,72-69+. The summed E-state index contributed by atoms with van der Waals surface area (Å²) in [7, 11) is 1.50. The molecule has 0 saturated carbocycles. The largest absolute Gasteiger partial charge is 0.472 e. The number of phosphoric acid groups is 1. The number of nitrogens with zero attached hydrogens (tertiary/aromatic N) is 1. The van der Waals surface area contributed by atoms with Crippen LogP contribution in [0, 0.1) is 0 Å². The molecule has 0 radical (unpaired) electrons. The summed E-state index contributed by atoms with van der Waals surface area (Å²) >= 11 is 0. The van der Waals surface area contributed by atoms with Crippen molar-refractivity contribution in [2.45, 2.75) is 380 Å². The number of phosphoric ester groups is 1. The van der Waals surface area contributed by atoms with Crippen LogP contribution in [0.5, 0.6) is 0 Å². The lowest BCUT2D eigenvalue weighted by molar-refractivity contribution is -0.870. The molecule has 0 aliphatic rings. The first-order valence-corrected chi connectivity index (χ1v) is 40.4. The lowest BCUT2D eigenvalue weighted by Gasteiger charge is -2.27. The molecule has 91 heavy (non-hydrogen) atoms. The van der Waals surface area contributed by atoms with Crippen molar-refractivity contribution < 1.29 is 37.3 Å². The van der Waals surface area contributed by atoms with Crippen molar-refractivity contribution in [2.24, 2.45) is 0 Å². The van der Waals surface area contributed by atoms with Crippen molar-refractivity contribution in [2.75, 3.05) is 40.9 Å². The van der Waals surface area contributed by atoms with Crippen LogP contribution in [0.15, 0.2) is 85.1 Å². The third-order valence-electron chi connectivity index (χ3n) is 17.3. The molecule has 0 aromatic heterocycles. The number of quaternary nitrogens is 1. The van der Waals surface area contributed by atoms with E-state index in [4.69, 9.17) is 13.8 Å². The monoisotopic (exact) mass is 1290 g/mol. The van der Waals surface area contributed by atoms with Gasteiger partial charge in [-0.25, -0.2) is 4.57 Å². The number of amides is 1. The molecule has 530 valence electrons. The fourth-order valence-corrected chi connectivity index (χ4v) is 12.2. The summed E-state index contributed by atoms with van der Waals surface area (Å²) in [5.41, 5.74) is 0. The van der Waals surface area contributed by atoms with Gasteiger partial charge in [0.1, 0.15) is 19.3 Å². The van der Waals surface area contributed by atoms with E-state index in [1.165, 1.54) is 225 Å². The molecule has 0 aromatic carbocycles. The molecule has 2 N–H and O–H groups in total. The number of hydrogen-bond donors (Lipinski definition) is 2. The molecule has 0 spiro atoms. The van der Waals surface area contributed by atoms with E-state index in [1.54, 1.807) is 0 Å². The average molecular weight is 1300 g/mol. The van der Waals surface area contributed by atoms with Gasteiger partial charge in [0, 0.05) is 12.8 Å². The number of nitrogens with one attached hydrogen (secondary N) is 1. The lowest BCUT2D eigenvalue weighted by atomic mass is 10.0. The van der Waals surface area contributed by atoms with Gasteiger partial charge in [-0.15, -0.1) is 0 Å². The normalized spacial score (nSPS) is 13.9.